The van der Waals surface area contributed by atoms with Crippen LogP contribution in [0.3, 0.4) is 0 Å². The summed E-state index contributed by atoms with van der Waals surface area (Å²) in [4.78, 5) is 39.8. The zero-order valence-corrected chi connectivity index (χ0v) is 25.7. The van der Waals surface area contributed by atoms with Crippen LogP contribution in [-0.2, 0) is 4.79 Å². The predicted octanol–water partition coefficient (Wildman–Crippen LogP) is 3.88. The molecule has 0 bridgehead atoms. The Hall–Kier alpha value is -4.61. The van der Waals surface area contributed by atoms with E-state index in [0.717, 1.165) is 18.4 Å². The third-order valence-electron chi connectivity index (χ3n) is 6.74. The second-order valence-electron chi connectivity index (χ2n) is 10.1. The van der Waals surface area contributed by atoms with Crippen molar-refractivity contribution in [1.29, 1.82) is 0 Å². The van der Waals surface area contributed by atoms with Gasteiger partial charge in [-0.15, -0.1) is 0 Å². The van der Waals surface area contributed by atoms with E-state index in [1.807, 2.05) is 25.1 Å². The molecule has 0 atom stereocenters. The molecule has 0 fully saturated rings. The Labute approximate surface area is 258 Å². The Morgan fingerprint density at radius 3 is 2.34 bits per heavy atom. The van der Waals surface area contributed by atoms with Crippen molar-refractivity contribution in [2.24, 2.45) is 11.5 Å². The van der Waals surface area contributed by atoms with Gasteiger partial charge >= 0.3 is 0 Å². The molecule has 11 nitrogen and oxygen atoms in total. The van der Waals surface area contributed by atoms with Crippen LogP contribution in [0.25, 0.3) is 0 Å². The van der Waals surface area contributed by atoms with Crippen molar-refractivity contribution in [3.05, 3.63) is 77.4 Å². The van der Waals surface area contributed by atoms with Gasteiger partial charge in [0.2, 0.25) is 5.91 Å². The lowest BCUT2D eigenvalue weighted by molar-refractivity contribution is -0.120. The van der Waals surface area contributed by atoms with Crippen LogP contribution in [0.4, 0.5) is 11.4 Å². The first-order chi connectivity index (χ1) is 21.3. The lowest BCUT2D eigenvalue weighted by atomic mass is 10.1. The first kappa shape index (κ1) is 33.9. The Morgan fingerprint density at radius 2 is 1.59 bits per heavy atom. The fourth-order valence-corrected chi connectivity index (χ4v) is 4.34. The van der Waals surface area contributed by atoms with Gasteiger partial charge in [-0.25, -0.2) is 0 Å². The minimum atomic E-state index is -0.373. The third kappa shape index (κ3) is 9.72. The van der Waals surface area contributed by atoms with Gasteiger partial charge in [0.1, 0.15) is 17.2 Å². The highest BCUT2D eigenvalue weighted by molar-refractivity contribution is 6.09. The molecule has 0 heterocycles. The van der Waals surface area contributed by atoms with Crippen LogP contribution in [0.5, 0.6) is 17.2 Å². The number of hydrogen-bond acceptors (Lipinski definition) is 8. The number of unbranched alkanes of at least 4 members (excludes halogenated alkanes) is 1. The highest BCUT2D eigenvalue weighted by Crippen LogP contribution is 2.32. The molecule has 6 N–H and O–H groups in total. The smallest absolute Gasteiger partial charge is 0.259 e. The average molecular weight is 606 g/mol. The zero-order valence-electron chi connectivity index (χ0n) is 25.7. The van der Waals surface area contributed by atoms with Gasteiger partial charge in [0.05, 0.1) is 37.3 Å². The minimum Gasteiger partial charge on any atom is -0.495 e. The molecular formula is C33H43N5O6. The Balaban J connectivity index is 1.69. The highest BCUT2D eigenvalue weighted by atomic mass is 16.5. The molecule has 0 saturated heterocycles. The largest absolute Gasteiger partial charge is 0.495 e. The number of ether oxygens (including phenoxy) is 3. The van der Waals surface area contributed by atoms with E-state index in [-0.39, 0.29) is 17.7 Å². The van der Waals surface area contributed by atoms with Crippen LogP contribution >= 0.6 is 0 Å². The molecule has 3 aromatic rings. The second kappa shape index (κ2) is 17.5. The molecule has 3 aromatic carbocycles. The van der Waals surface area contributed by atoms with Gasteiger partial charge in [-0.2, -0.15) is 0 Å². The van der Waals surface area contributed by atoms with Crippen molar-refractivity contribution < 1.29 is 28.6 Å². The molecule has 0 unspecified atom stereocenters. The molecule has 0 aliphatic heterocycles. The highest BCUT2D eigenvalue weighted by Gasteiger charge is 2.21. The van der Waals surface area contributed by atoms with Crippen molar-refractivity contribution in [1.82, 2.24) is 5.32 Å². The van der Waals surface area contributed by atoms with Crippen LogP contribution in [0.2, 0.25) is 0 Å². The summed E-state index contributed by atoms with van der Waals surface area (Å²) in [5, 5.41) is 5.69. The number of para-hydroxylation sites is 1. The number of rotatable bonds is 17. The monoisotopic (exact) mass is 605 g/mol. The molecule has 0 aliphatic rings. The first-order valence-corrected chi connectivity index (χ1v) is 14.7. The number of nitrogens with zero attached hydrogens (tertiary/aromatic N) is 1. The van der Waals surface area contributed by atoms with Crippen molar-refractivity contribution in [2.45, 2.75) is 32.6 Å². The molecule has 3 amide bonds. The van der Waals surface area contributed by atoms with E-state index < -0.39 is 0 Å². The minimum absolute atomic E-state index is 0.0597. The van der Waals surface area contributed by atoms with E-state index in [0.29, 0.717) is 85.4 Å². The number of amides is 3. The molecule has 44 heavy (non-hydrogen) atoms. The van der Waals surface area contributed by atoms with Gasteiger partial charge in [-0.05, 0) is 80.8 Å². The normalized spacial score (nSPS) is 10.6. The second-order valence-corrected chi connectivity index (χ2v) is 10.1. The lowest BCUT2D eigenvalue weighted by Crippen LogP contribution is -2.27. The van der Waals surface area contributed by atoms with E-state index in [4.69, 9.17) is 25.7 Å². The standard InChI is InChI=1S/C33H43N5O6/c1-23-11-14-27(30(21-23)44-19-7-6-18-36-31(39)15-17-35)38(2)33(41)24-12-13-26(29(22-24)42-3)37-32(40)25-9-4-5-10-28(25)43-20-8-16-34/h4-5,9-14,21-22H,6-8,15-20,34-35H2,1-3H3,(H,36,39)(H,37,40). The SMILES string of the molecule is COc1cc(C(=O)N(C)c2ccc(C)cc2OCCCCNC(=O)CCN)ccc1NC(=O)c1ccccc1OCCCN. The van der Waals surface area contributed by atoms with Gasteiger partial charge in [0, 0.05) is 32.1 Å². The van der Waals surface area contributed by atoms with Crippen LogP contribution in [0, 0.1) is 6.92 Å². The molecule has 236 valence electrons. The number of anilines is 2. The quantitative estimate of drug-likeness (QED) is 0.169. The number of nitrogens with two attached hydrogens (primary N) is 2. The molecule has 0 spiro atoms. The van der Waals surface area contributed by atoms with Gasteiger partial charge in [-0.1, -0.05) is 18.2 Å². The summed E-state index contributed by atoms with van der Waals surface area (Å²) >= 11 is 0. The molecule has 0 radical (unpaired) electrons. The number of carbonyl (C=O) groups excluding carboxylic acids is 3. The lowest BCUT2D eigenvalue weighted by Gasteiger charge is -2.22. The van der Waals surface area contributed by atoms with Gasteiger partial charge in [0.15, 0.2) is 0 Å². The van der Waals surface area contributed by atoms with Crippen LogP contribution in [0.15, 0.2) is 60.7 Å². The fraction of sp³-hybridized carbons (Fsp3) is 0.364. The third-order valence-corrected chi connectivity index (χ3v) is 6.74. The number of methoxy groups -OCH3 is 1. The number of nitrogens with one attached hydrogen (secondary N) is 2. The molecule has 11 heteroatoms. The van der Waals surface area contributed by atoms with E-state index in [9.17, 15) is 14.4 Å². The molecule has 0 saturated carbocycles. The summed E-state index contributed by atoms with van der Waals surface area (Å²) in [6.07, 6.45) is 2.46. The van der Waals surface area contributed by atoms with Crippen molar-refractivity contribution in [3.63, 3.8) is 0 Å². The fourth-order valence-electron chi connectivity index (χ4n) is 4.34. The van der Waals surface area contributed by atoms with E-state index in [2.05, 4.69) is 10.6 Å². The maximum atomic E-state index is 13.6. The van der Waals surface area contributed by atoms with Crippen LogP contribution in [-0.4, -0.2) is 64.7 Å². The number of benzene rings is 3. The van der Waals surface area contributed by atoms with Crippen molar-refractivity contribution in [3.8, 4) is 17.2 Å². The van der Waals surface area contributed by atoms with Gasteiger partial charge in [0.25, 0.3) is 11.8 Å². The summed E-state index contributed by atoms with van der Waals surface area (Å²) in [7, 11) is 3.15. The topological polar surface area (TPSA) is 158 Å². The number of hydrogen-bond donors (Lipinski definition) is 4. The average Bonchev–Trinajstić information content (AvgIpc) is 3.02. The van der Waals surface area contributed by atoms with Gasteiger partial charge in [-0.3, -0.25) is 14.4 Å². The molecule has 0 aliphatic carbocycles. The Kier molecular flexibility index (Phi) is 13.5. The predicted molar refractivity (Wildman–Crippen MR) is 172 cm³/mol. The van der Waals surface area contributed by atoms with E-state index in [1.165, 1.54) is 12.0 Å². The summed E-state index contributed by atoms with van der Waals surface area (Å²) in [6.45, 7) is 4.14. The number of carbonyl (C=O) groups is 3. The summed E-state index contributed by atoms with van der Waals surface area (Å²) in [5.74, 6) is 0.652. The van der Waals surface area contributed by atoms with Crippen LogP contribution < -0.4 is 41.2 Å². The van der Waals surface area contributed by atoms with E-state index in [1.54, 1.807) is 49.5 Å². The van der Waals surface area contributed by atoms with E-state index >= 15 is 0 Å². The molecule has 0 aromatic heterocycles. The Morgan fingerprint density at radius 1 is 0.841 bits per heavy atom. The first-order valence-electron chi connectivity index (χ1n) is 14.7. The zero-order chi connectivity index (χ0) is 31.9. The van der Waals surface area contributed by atoms with Crippen molar-refractivity contribution in [2.75, 3.05) is 57.2 Å². The number of aryl methyl sites for hydroxylation is 1. The summed E-state index contributed by atoms with van der Waals surface area (Å²) in [6, 6.07) is 17.5. The Bertz CT molecular complexity index is 1410. The maximum absolute atomic E-state index is 13.6. The van der Waals surface area contributed by atoms with Crippen molar-refractivity contribution >= 4 is 29.1 Å². The van der Waals surface area contributed by atoms with Gasteiger partial charge < -0.3 is 41.2 Å². The molecule has 3 rings (SSSR count). The summed E-state index contributed by atoms with van der Waals surface area (Å²) < 4.78 is 17.3. The van der Waals surface area contributed by atoms with Crippen LogP contribution in [0.1, 0.15) is 52.0 Å². The maximum Gasteiger partial charge on any atom is 0.259 e. The summed E-state index contributed by atoms with van der Waals surface area (Å²) in [5.41, 5.74) is 13.7. The molecular weight excluding hydrogens is 562 g/mol.